The lowest BCUT2D eigenvalue weighted by atomic mass is 9.40. The molecular weight excluding hydrogens is 476 g/mol. The average Bonchev–Trinajstić information content (AvgIpc) is 3.36. The van der Waals surface area contributed by atoms with E-state index in [1.807, 2.05) is 26.8 Å². The highest BCUT2D eigenvalue weighted by Gasteiger charge is 2.68. The van der Waals surface area contributed by atoms with Crippen molar-refractivity contribution in [2.45, 2.75) is 78.9 Å². The van der Waals surface area contributed by atoms with Crippen molar-refractivity contribution in [3.05, 3.63) is 35.3 Å². The smallest absolute Gasteiger partial charge is 0.310 e. The van der Waals surface area contributed by atoms with Gasteiger partial charge in [-0.3, -0.25) is 19.2 Å². The van der Waals surface area contributed by atoms with Crippen LogP contribution < -0.4 is 0 Å². The third-order valence-electron chi connectivity index (χ3n) is 10.1. The van der Waals surface area contributed by atoms with Crippen LogP contribution in [0.15, 0.2) is 34.2 Å². The van der Waals surface area contributed by atoms with E-state index in [1.54, 1.807) is 12.5 Å². The van der Waals surface area contributed by atoms with Crippen molar-refractivity contribution in [1.29, 1.82) is 0 Å². The third-order valence-corrected chi connectivity index (χ3v) is 10.1. The second kappa shape index (κ2) is 8.57. The summed E-state index contributed by atoms with van der Waals surface area (Å²) in [6.45, 7) is 9.43. The Kier molecular flexibility index (Phi) is 5.96. The molecule has 200 valence electrons. The molecule has 8 heteroatoms. The van der Waals surface area contributed by atoms with E-state index in [0.717, 1.165) is 29.6 Å². The zero-order valence-corrected chi connectivity index (χ0v) is 22.4. The molecule has 1 aliphatic heterocycles. The van der Waals surface area contributed by atoms with Gasteiger partial charge in [0.1, 0.15) is 18.0 Å². The molecule has 1 aromatic rings. The lowest BCUT2D eigenvalue weighted by Crippen LogP contribution is -2.66. The van der Waals surface area contributed by atoms with Crippen LogP contribution in [0.25, 0.3) is 0 Å². The fourth-order valence-corrected chi connectivity index (χ4v) is 8.37. The Morgan fingerprint density at radius 2 is 1.89 bits per heavy atom. The van der Waals surface area contributed by atoms with Crippen molar-refractivity contribution in [3.63, 3.8) is 0 Å². The number of ketones is 1. The summed E-state index contributed by atoms with van der Waals surface area (Å²) in [6, 6.07) is 1.83. The summed E-state index contributed by atoms with van der Waals surface area (Å²) >= 11 is 0. The molecule has 2 heterocycles. The van der Waals surface area contributed by atoms with Gasteiger partial charge in [0, 0.05) is 35.2 Å². The van der Waals surface area contributed by atoms with Gasteiger partial charge in [-0.2, -0.15) is 0 Å². The van der Waals surface area contributed by atoms with Crippen LogP contribution in [-0.4, -0.2) is 36.9 Å². The van der Waals surface area contributed by atoms with Crippen molar-refractivity contribution < 1.29 is 37.8 Å². The van der Waals surface area contributed by atoms with Crippen molar-refractivity contribution in [3.8, 4) is 0 Å². The Hall–Kier alpha value is -2.90. The summed E-state index contributed by atoms with van der Waals surface area (Å²) in [5, 5.41) is 0. The molecule has 3 fully saturated rings. The van der Waals surface area contributed by atoms with Crippen LogP contribution in [-0.2, 0) is 33.4 Å². The minimum atomic E-state index is -0.868. The number of fused-ring (bicyclic) bond motifs is 5. The summed E-state index contributed by atoms with van der Waals surface area (Å²) in [6.07, 6.45) is 4.12. The zero-order chi connectivity index (χ0) is 26.9. The molecule has 0 radical (unpaired) electrons. The van der Waals surface area contributed by atoms with Crippen LogP contribution in [0, 0.1) is 34.0 Å². The third kappa shape index (κ3) is 3.62. The molecule has 7 atom stereocenters. The zero-order valence-electron chi connectivity index (χ0n) is 22.4. The van der Waals surface area contributed by atoms with Crippen molar-refractivity contribution in [2.24, 2.45) is 34.0 Å². The van der Waals surface area contributed by atoms with Gasteiger partial charge in [0.05, 0.1) is 32.0 Å². The Balaban J connectivity index is 1.69. The quantitative estimate of drug-likeness (QED) is 0.324. The summed E-state index contributed by atoms with van der Waals surface area (Å²) in [7, 11) is 1.35. The van der Waals surface area contributed by atoms with Gasteiger partial charge in [-0.1, -0.05) is 33.3 Å². The maximum atomic E-state index is 14.2. The van der Waals surface area contributed by atoms with Gasteiger partial charge in [0.25, 0.3) is 0 Å². The van der Waals surface area contributed by atoms with Gasteiger partial charge in [-0.15, -0.1) is 0 Å². The van der Waals surface area contributed by atoms with Gasteiger partial charge in [0.15, 0.2) is 0 Å². The number of carbonyl (C=O) groups is 4. The van der Waals surface area contributed by atoms with E-state index in [2.05, 4.69) is 6.92 Å². The maximum absolute atomic E-state index is 14.2. The van der Waals surface area contributed by atoms with E-state index in [-0.39, 0.29) is 30.5 Å². The minimum Gasteiger partial charge on any atom is -0.472 e. The summed E-state index contributed by atoms with van der Waals surface area (Å²) in [5.74, 6) is -2.20. The van der Waals surface area contributed by atoms with E-state index in [4.69, 9.17) is 18.6 Å². The van der Waals surface area contributed by atoms with Gasteiger partial charge in [-0.25, -0.2) is 0 Å². The number of carbonyl (C=O) groups excluding carboxylic acids is 4. The molecular formula is C29H36O8. The summed E-state index contributed by atoms with van der Waals surface area (Å²) in [4.78, 5) is 52.0. The molecule has 2 saturated carbocycles. The topological polar surface area (TPSA) is 109 Å². The largest absolute Gasteiger partial charge is 0.472 e. The number of ether oxygens (including phenoxy) is 3. The van der Waals surface area contributed by atoms with Crippen LogP contribution in [0.2, 0.25) is 0 Å². The lowest BCUT2D eigenvalue weighted by molar-refractivity contribution is -0.197. The first-order valence-electron chi connectivity index (χ1n) is 13.1. The summed E-state index contributed by atoms with van der Waals surface area (Å²) < 4.78 is 22.1. The monoisotopic (exact) mass is 512 g/mol. The number of esters is 3. The molecule has 3 aliphatic carbocycles. The van der Waals surface area contributed by atoms with Crippen LogP contribution in [0.4, 0.5) is 0 Å². The van der Waals surface area contributed by atoms with E-state index < -0.39 is 52.2 Å². The lowest BCUT2D eigenvalue weighted by Gasteiger charge is -2.63. The molecule has 1 saturated heterocycles. The molecule has 1 aromatic heterocycles. The molecule has 1 unspecified atom stereocenters. The molecule has 0 spiro atoms. The van der Waals surface area contributed by atoms with Crippen molar-refractivity contribution in [2.75, 3.05) is 7.11 Å². The molecule has 8 nitrogen and oxygen atoms in total. The normalized spacial score (nSPS) is 38.3. The predicted octanol–water partition coefficient (Wildman–Crippen LogP) is 4.73. The highest BCUT2D eigenvalue weighted by Crippen LogP contribution is 2.68. The molecule has 0 aromatic carbocycles. The molecule has 0 N–H and O–H groups in total. The van der Waals surface area contributed by atoms with Crippen molar-refractivity contribution >= 4 is 23.7 Å². The molecule has 5 rings (SSSR count). The fourth-order valence-electron chi connectivity index (χ4n) is 8.37. The van der Waals surface area contributed by atoms with Gasteiger partial charge in [0.2, 0.25) is 0 Å². The Morgan fingerprint density at radius 3 is 2.51 bits per heavy atom. The molecule has 2 bridgehead atoms. The number of furan rings is 1. The number of Topliss-reactive ketones (excluding diaryl/α,β-unsaturated/α-hetero) is 1. The molecule has 0 amide bonds. The number of cyclic esters (lactones) is 1. The molecule has 37 heavy (non-hydrogen) atoms. The number of allylic oxidation sites excluding steroid dienone is 1. The van der Waals surface area contributed by atoms with E-state index >= 15 is 0 Å². The van der Waals surface area contributed by atoms with Crippen LogP contribution in [0.5, 0.6) is 0 Å². The van der Waals surface area contributed by atoms with E-state index in [1.165, 1.54) is 14.0 Å². The minimum absolute atomic E-state index is 0.0368. The fraction of sp³-hybridized carbons (Fsp3) is 0.655. The number of methoxy groups -OCH3 is 1. The Bertz CT molecular complexity index is 1180. The first-order chi connectivity index (χ1) is 17.4. The van der Waals surface area contributed by atoms with Gasteiger partial charge >= 0.3 is 17.9 Å². The van der Waals surface area contributed by atoms with Crippen molar-refractivity contribution in [1.82, 2.24) is 0 Å². The number of rotatable bonds is 4. The van der Waals surface area contributed by atoms with Gasteiger partial charge < -0.3 is 18.6 Å². The van der Waals surface area contributed by atoms with Crippen LogP contribution in [0.3, 0.4) is 0 Å². The predicted molar refractivity (Wildman–Crippen MR) is 131 cm³/mol. The first-order valence-corrected chi connectivity index (χ1v) is 13.1. The van der Waals surface area contributed by atoms with E-state index in [0.29, 0.717) is 6.42 Å². The SMILES string of the molecule is COC(=O)C[C@H]1C(C)(C)[C@H](OC(C)=O)[C@H]2CC3=C4CC(=O)O[C@@H](c5ccoc5)[C@]4(C)CCC3[C@@]1(C)C2=O. The average molecular weight is 513 g/mol. The van der Waals surface area contributed by atoms with Crippen LogP contribution in [0.1, 0.15) is 78.4 Å². The summed E-state index contributed by atoms with van der Waals surface area (Å²) in [5.41, 5.74) is 0.968. The number of hydrogen-bond donors (Lipinski definition) is 0. The second-order valence-electron chi connectivity index (χ2n) is 12.3. The van der Waals surface area contributed by atoms with Crippen LogP contribution >= 0.6 is 0 Å². The standard InChI is InChI=1S/C29H36O8/c1-15(30)36-26-18-11-17-19(29(5,24(18)33)21(27(26,2)3)13-22(31)34-6)7-9-28(4)20(17)12-23(32)37-25(28)16-8-10-35-14-16/h8,10,14,18-19,21,25-26H,7,9,11-13H2,1-6H3/t18-,19?,21-,25-,26+,28+,29+/m0/s1. The highest BCUT2D eigenvalue weighted by molar-refractivity contribution is 5.92. The first kappa shape index (κ1) is 25.7. The number of hydrogen-bond acceptors (Lipinski definition) is 8. The van der Waals surface area contributed by atoms with E-state index in [9.17, 15) is 19.2 Å². The van der Waals surface area contributed by atoms with Gasteiger partial charge in [-0.05, 0) is 42.7 Å². The maximum Gasteiger partial charge on any atom is 0.310 e. The Morgan fingerprint density at radius 1 is 1.16 bits per heavy atom. The second-order valence-corrected chi connectivity index (χ2v) is 12.3. The highest BCUT2D eigenvalue weighted by atomic mass is 16.6. The Labute approximate surface area is 217 Å². The molecule has 4 aliphatic rings.